The molecule has 0 aromatic heterocycles. The second-order valence-corrected chi connectivity index (χ2v) is 5.01. The number of carbonyl (C=O) groups excluding carboxylic acids is 2. The van der Waals surface area contributed by atoms with Crippen LogP contribution in [0.25, 0.3) is 0 Å². The number of carbonyl (C=O) groups is 2. The normalized spacial score (nSPS) is 17.8. The molecule has 1 unspecified atom stereocenters. The highest BCUT2D eigenvalue weighted by molar-refractivity contribution is 6.03. The summed E-state index contributed by atoms with van der Waals surface area (Å²) >= 11 is 0. The predicted octanol–water partition coefficient (Wildman–Crippen LogP) is 2.22. The van der Waals surface area contributed by atoms with Crippen molar-refractivity contribution in [2.75, 3.05) is 11.4 Å². The van der Waals surface area contributed by atoms with Crippen molar-refractivity contribution < 1.29 is 9.59 Å². The molecule has 1 fully saturated rings. The van der Waals surface area contributed by atoms with Gasteiger partial charge in [-0.3, -0.25) is 9.59 Å². The first-order valence-corrected chi connectivity index (χ1v) is 6.98. The van der Waals surface area contributed by atoms with Crippen LogP contribution in [0, 0.1) is 0 Å². The number of amides is 2. The van der Waals surface area contributed by atoms with E-state index in [0.29, 0.717) is 18.5 Å². The van der Waals surface area contributed by atoms with E-state index in [1.807, 2.05) is 48.5 Å². The van der Waals surface area contributed by atoms with Gasteiger partial charge in [0.1, 0.15) is 6.04 Å². The van der Waals surface area contributed by atoms with Crippen LogP contribution in [0.15, 0.2) is 60.7 Å². The molecule has 21 heavy (non-hydrogen) atoms. The second-order valence-electron chi connectivity index (χ2n) is 5.01. The maximum Gasteiger partial charge on any atom is 0.251 e. The number of anilines is 1. The van der Waals surface area contributed by atoms with Crippen molar-refractivity contribution in [2.45, 2.75) is 12.5 Å². The Labute approximate surface area is 123 Å². The van der Waals surface area contributed by atoms with Crippen LogP contribution < -0.4 is 10.2 Å². The van der Waals surface area contributed by atoms with E-state index >= 15 is 0 Å². The van der Waals surface area contributed by atoms with Crippen molar-refractivity contribution >= 4 is 17.5 Å². The molecular weight excluding hydrogens is 264 g/mol. The number of rotatable bonds is 3. The molecule has 106 valence electrons. The molecule has 1 heterocycles. The minimum Gasteiger partial charge on any atom is -0.340 e. The topological polar surface area (TPSA) is 49.4 Å². The van der Waals surface area contributed by atoms with Crippen LogP contribution in [-0.2, 0) is 4.79 Å². The molecule has 0 bridgehead atoms. The summed E-state index contributed by atoms with van der Waals surface area (Å²) < 4.78 is 0. The fourth-order valence-corrected chi connectivity index (χ4v) is 2.51. The fourth-order valence-electron chi connectivity index (χ4n) is 2.51. The molecule has 0 aliphatic carbocycles. The highest BCUT2D eigenvalue weighted by Crippen LogP contribution is 2.21. The third kappa shape index (κ3) is 2.79. The van der Waals surface area contributed by atoms with Gasteiger partial charge in [-0.1, -0.05) is 36.4 Å². The van der Waals surface area contributed by atoms with Gasteiger partial charge >= 0.3 is 0 Å². The number of hydrogen-bond donors (Lipinski definition) is 1. The smallest absolute Gasteiger partial charge is 0.251 e. The summed E-state index contributed by atoms with van der Waals surface area (Å²) in [7, 11) is 0. The summed E-state index contributed by atoms with van der Waals surface area (Å²) in [6.45, 7) is 0.628. The van der Waals surface area contributed by atoms with E-state index in [4.69, 9.17) is 0 Å². The summed E-state index contributed by atoms with van der Waals surface area (Å²) in [4.78, 5) is 26.2. The molecule has 1 aliphatic heterocycles. The van der Waals surface area contributed by atoms with Crippen molar-refractivity contribution in [1.29, 1.82) is 0 Å². The van der Waals surface area contributed by atoms with Crippen LogP contribution in [0.4, 0.5) is 5.69 Å². The summed E-state index contributed by atoms with van der Waals surface area (Å²) in [5.41, 5.74) is 1.45. The van der Waals surface area contributed by atoms with Crippen LogP contribution in [0.5, 0.6) is 0 Å². The zero-order valence-corrected chi connectivity index (χ0v) is 11.5. The lowest BCUT2D eigenvalue weighted by molar-refractivity contribution is -0.118. The molecule has 2 aromatic rings. The van der Waals surface area contributed by atoms with Gasteiger partial charge in [-0.05, 0) is 30.7 Å². The van der Waals surface area contributed by atoms with Gasteiger partial charge in [-0.15, -0.1) is 0 Å². The van der Waals surface area contributed by atoms with Crippen LogP contribution in [0.2, 0.25) is 0 Å². The Morgan fingerprint density at radius 3 is 2.29 bits per heavy atom. The van der Waals surface area contributed by atoms with Crippen molar-refractivity contribution in [2.24, 2.45) is 0 Å². The third-order valence-electron chi connectivity index (χ3n) is 3.61. The molecule has 3 rings (SSSR count). The molecule has 1 N–H and O–H groups in total. The highest BCUT2D eigenvalue weighted by atomic mass is 16.2. The Balaban J connectivity index is 1.69. The molecule has 0 spiro atoms. The number of nitrogens with one attached hydrogen (secondary N) is 1. The Morgan fingerprint density at radius 1 is 1.00 bits per heavy atom. The Kier molecular flexibility index (Phi) is 3.69. The minimum absolute atomic E-state index is 0.0505. The van der Waals surface area contributed by atoms with E-state index in [-0.39, 0.29) is 11.8 Å². The SMILES string of the molecule is O=C(NC1CCN(c2ccccc2)C1=O)c1ccccc1. The maximum atomic E-state index is 12.4. The minimum atomic E-state index is -0.446. The molecule has 2 amide bonds. The van der Waals surface area contributed by atoms with E-state index in [9.17, 15) is 9.59 Å². The molecule has 1 aliphatic rings. The average molecular weight is 280 g/mol. The zero-order valence-electron chi connectivity index (χ0n) is 11.5. The van der Waals surface area contributed by atoms with Crippen LogP contribution in [0.1, 0.15) is 16.8 Å². The van der Waals surface area contributed by atoms with Crippen LogP contribution in [0.3, 0.4) is 0 Å². The molecule has 0 radical (unpaired) electrons. The molecule has 1 saturated heterocycles. The van der Waals surface area contributed by atoms with Gasteiger partial charge < -0.3 is 10.2 Å². The summed E-state index contributed by atoms with van der Waals surface area (Å²) in [6.07, 6.45) is 0.631. The molecule has 4 nitrogen and oxygen atoms in total. The van der Waals surface area contributed by atoms with E-state index in [0.717, 1.165) is 5.69 Å². The lowest BCUT2D eigenvalue weighted by atomic mass is 10.2. The van der Waals surface area contributed by atoms with Gasteiger partial charge in [0.15, 0.2) is 0 Å². The van der Waals surface area contributed by atoms with Gasteiger partial charge in [0.2, 0.25) is 5.91 Å². The standard InChI is InChI=1S/C17H16N2O2/c20-16(13-7-3-1-4-8-13)18-15-11-12-19(17(15)21)14-9-5-2-6-10-14/h1-10,15H,11-12H2,(H,18,20). The quantitative estimate of drug-likeness (QED) is 0.937. The summed E-state index contributed by atoms with van der Waals surface area (Å²) in [6, 6.07) is 18.0. The largest absolute Gasteiger partial charge is 0.340 e. The van der Waals surface area contributed by atoms with Crippen molar-refractivity contribution in [3.05, 3.63) is 66.2 Å². The third-order valence-corrected chi connectivity index (χ3v) is 3.61. The van der Waals surface area contributed by atoms with Crippen molar-refractivity contribution in [3.8, 4) is 0 Å². The first kappa shape index (κ1) is 13.4. The molecule has 1 atom stereocenters. The van der Waals surface area contributed by atoms with Gasteiger partial charge in [0.25, 0.3) is 5.91 Å². The molecular formula is C17H16N2O2. The van der Waals surface area contributed by atoms with E-state index in [1.165, 1.54) is 0 Å². The first-order valence-electron chi connectivity index (χ1n) is 6.98. The van der Waals surface area contributed by atoms with Crippen LogP contribution in [-0.4, -0.2) is 24.4 Å². The number of hydrogen-bond acceptors (Lipinski definition) is 2. The Hall–Kier alpha value is -2.62. The summed E-state index contributed by atoms with van der Waals surface area (Å²) in [5, 5.41) is 2.81. The average Bonchev–Trinajstić information content (AvgIpc) is 2.90. The van der Waals surface area contributed by atoms with Gasteiger partial charge in [0.05, 0.1) is 0 Å². The van der Waals surface area contributed by atoms with E-state index in [2.05, 4.69) is 5.32 Å². The molecule has 4 heteroatoms. The lowest BCUT2D eigenvalue weighted by Gasteiger charge is -2.17. The van der Waals surface area contributed by atoms with Gasteiger partial charge in [-0.2, -0.15) is 0 Å². The highest BCUT2D eigenvalue weighted by Gasteiger charge is 2.33. The summed E-state index contributed by atoms with van der Waals surface area (Å²) in [5.74, 6) is -0.255. The van der Waals surface area contributed by atoms with Crippen LogP contribution >= 0.6 is 0 Å². The van der Waals surface area contributed by atoms with Crippen molar-refractivity contribution in [3.63, 3.8) is 0 Å². The molecule has 2 aromatic carbocycles. The monoisotopic (exact) mass is 280 g/mol. The fraction of sp³-hybridized carbons (Fsp3) is 0.176. The number of para-hydroxylation sites is 1. The first-order chi connectivity index (χ1) is 10.3. The predicted molar refractivity (Wildman–Crippen MR) is 81.1 cm³/mol. The lowest BCUT2D eigenvalue weighted by Crippen LogP contribution is -2.41. The number of benzene rings is 2. The second kappa shape index (κ2) is 5.79. The zero-order chi connectivity index (χ0) is 14.7. The number of nitrogens with zero attached hydrogens (tertiary/aromatic N) is 1. The van der Waals surface area contributed by atoms with Gasteiger partial charge in [0, 0.05) is 17.8 Å². The van der Waals surface area contributed by atoms with E-state index in [1.54, 1.807) is 17.0 Å². The maximum absolute atomic E-state index is 12.4. The van der Waals surface area contributed by atoms with Crippen molar-refractivity contribution in [1.82, 2.24) is 5.32 Å². The van der Waals surface area contributed by atoms with Gasteiger partial charge in [-0.25, -0.2) is 0 Å². The van der Waals surface area contributed by atoms with E-state index < -0.39 is 6.04 Å². The molecule has 0 saturated carbocycles. The Morgan fingerprint density at radius 2 is 1.62 bits per heavy atom. The Bertz CT molecular complexity index is 640.